The van der Waals surface area contributed by atoms with Crippen molar-refractivity contribution in [2.24, 2.45) is 0 Å². The maximum Gasteiger partial charge on any atom is 0.141 e. The number of benzene rings is 2. The second kappa shape index (κ2) is 5.87. The van der Waals surface area contributed by atoms with Crippen LogP contribution in [0.25, 0.3) is 0 Å². The fourth-order valence-electron chi connectivity index (χ4n) is 1.23. The molecule has 0 amide bonds. The molecule has 2 rings (SSSR count). The molecule has 17 heavy (non-hydrogen) atoms. The maximum absolute atomic E-state index is 5.81. The highest BCUT2D eigenvalue weighted by atomic mass is 79.9. The van der Waals surface area contributed by atoms with Crippen molar-refractivity contribution in [3.8, 4) is 11.5 Å². The van der Waals surface area contributed by atoms with Gasteiger partial charge >= 0.3 is 0 Å². The molecule has 0 fully saturated rings. The molecule has 2 aromatic rings. The summed E-state index contributed by atoms with van der Waals surface area (Å²) in [6, 6.07) is 11.6. The summed E-state index contributed by atoms with van der Waals surface area (Å²) in [6.07, 6.45) is 0. The second-order valence-electron chi connectivity index (χ2n) is 3.25. The van der Waals surface area contributed by atoms with Crippen LogP contribution in [0.15, 0.2) is 54.3 Å². The molecule has 5 heteroatoms. The normalized spacial score (nSPS) is 10.4. The summed E-state index contributed by atoms with van der Waals surface area (Å²) in [5, 5.41) is 0. The van der Waals surface area contributed by atoms with Crippen LogP contribution in [-0.4, -0.2) is 0 Å². The largest absolute Gasteiger partial charge is 0.455 e. The predicted octanol–water partition coefficient (Wildman–Crippen LogP) is 6.53. The van der Waals surface area contributed by atoms with E-state index in [-0.39, 0.29) is 0 Å². The van der Waals surface area contributed by atoms with Gasteiger partial charge in [-0.2, -0.15) is 0 Å². The van der Waals surface area contributed by atoms with E-state index in [2.05, 4.69) is 63.7 Å². The van der Waals surface area contributed by atoms with Crippen LogP contribution in [0.3, 0.4) is 0 Å². The lowest BCUT2D eigenvalue weighted by Crippen LogP contribution is -1.86. The van der Waals surface area contributed by atoms with E-state index in [1.54, 1.807) is 0 Å². The first-order chi connectivity index (χ1) is 8.06. The Morgan fingerprint density at radius 2 is 1.06 bits per heavy atom. The van der Waals surface area contributed by atoms with Gasteiger partial charge in [0.15, 0.2) is 0 Å². The van der Waals surface area contributed by atoms with Gasteiger partial charge < -0.3 is 4.74 Å². The zero-order chi connectivity index (χ0) is 12.4. The summed E-state index contributed by atoms with van der Waals surface area (Å²) in [5.41, 5.74) is 0. The average Bonchev–Trinajstić information content (AvgIpc) is 2.25. The van der Waals surface area contributed by atoms with E-state index < -0.39 is 0 Å². The second-order valence-corrected chi connectivity index (χ2v) is 6.79. The third-order valence-electron chi connectivity index (χ3n) is 2.01. The number of hydrogen-bond donors (Lipinski definition) is 0. The summed E-state index contributed by atoms with van der Waals surface area (Å²) >= 11 is 13.7. The summed E-state index contributed by atoms with van der Waals surface area (Å²) in [5.74, 6) is 1.55. The van der Waals surface area contributed by atoms with E-state index in [0.29, 0.717) is 0 Å². The Morgan fingerprint density at radius 1 is 0.647 bits per heavy atom. The third-order valence-corrected chi connectivity index (χ3v) is 4.23. The van der Waals surface area contributed by atoms with Crippen LogP contribution < -0.4 is 4.74 Å². The highest BCUT2D eigenvalue weighted by Crippen LogP contribution is 2.36. The number of ether oxygens (including phenoxy) is 1. The number of rotatable bonds is 2. The Hall–Kier alpha value is 0.160. The van der Waals surface area contributed by atoms with Gasteiger partial charge in [-0.25, -0.2) is 0 Å². The van der Waals surface area contributed by atoms with Crippen LogP contribution in [0.5, 0.6) is 11.5 Å². The molecule has 0 heterocycles. The van der Waals surface area contributed by atoms with E-state index in [1.807, 2.05) is 36.4 Å². The van der Waals surface area contributed by atoms with Crippen molar-refractivity contribution in [3.05, 3.63) is 54.3 Å². The molecule has 0 spiro atoms. The number of halogens is 4. The topological polar surface area (TPSA) is 9.23 Å². The van der Waals surface area contributed by atoms with Gasteiger partial charge in [0.2, 0.25) is 0 Å². The molecule has 0 atom stereocenters. The van der Waals surface area contributed by atoms with Crippen LogP contribution in [0.4, 0.5) is 0 Å². The lowest BCUT2D eigenvalue weighted by molar-refractivity contribution is 0.476. The van der Waals surface area contributed by atoms with E-state index in [0.717, 1.165) is 29.4 Å². The van der Waals surface area contributed by atoms with Crippen LogP contribution in [-0.2, 0) is 0 Å². The molecule has 0 saturated carbocycles. The van der Waals surface area contributed by atoms with E-state index in [4.69, 9.17) is 4.74 Å². The smallest absolute Gasteiger partial charge is 0.141 e. The molecule has 0 aromatic heterocycles. The first kappa shape index (κ1) is 13.6. The fourth-order valence-corrected chi connectivity index (χ4v) is 3.49. The molecule has 0 aliphatic carbocycles. The molecular weight excluding hydrogens is 492 g/mol. The zero-order valence-electron chi connectivity index (χ0n) is 8.38. The van der Waals surface area contributed by atoms with Crippen molar-refractivity contribution in [3.63, 3.8) is 0 Å². The minimum Gasteiger partial charge on any atom is -0.455 e. The van der Waals surface area contributed by atoms with Crippen LogP contribution in [0.2, 0.25) is 0 Å². The van der Waals surface area contributed by atoms with Gasteiger partial charge in [0, 0.05) is 8.95 Å². The van der Waals surface area contributed by atoms with Gasteiger partial charge in [-0.1, -0.05) is 31.9 Å². The maximum atomic E-state index is 5.81. The molecule has 0 unspecified atom stereocenters. The quantitative estimate of drug-likeness (QED) is 0.458. The monoisotopic (exact) mass is 494 g/mol. The summed E-state index contributed by atoms with van der Waals surface area (Å²) in [4.78, 5) is 0. The van der Waals surface area contributed by atoms with Gasteiger partial charge in [-0.05, 0) is 68.3 Å². The fraction of sp³-hybridized carbons (Fsp3) is 0. The Kier molecular flexibility index (Phi) is 4.69. The molecule has 88 valence electrons. The van der Waals surface area contributed by atoms with Gasteiger partial charge in [0.1, 0.15) is 11.5 Å². The highest BCUT2D eigenvalue weighted by molar-refractivity contribution is 9.11. The van der Waals surface area contributed by atoms with E-state index >= 15 is 0 Å². The SMILES string of the molecule is Br[13c]1[13cH][13cH][13c](O[13c]2[13cH][13cH][13c](Br)[13cH][13c]2Br)[13c](Br)[13cH]1. The lowest BCUT2D eigenvalue weighted by Gasteiger charge is -2.09. The third kappa shape index (κ3) is 3.56. The molecule has 0 bridgehead atoms. The first-order valence-electron chi connectivity index (χ1n) is 4.64. The Labute approximate surface area is 133 Å². The summed E-state index contributed by atoms with van der Waals surface area (Å²) in [7, 11) is 0. The summed E-state index contributed by atoms with van der Waals surface area (Å²) < 4.78 is 9.64. The van der Waals surface area contributed by atoms with E-state index in [9.17, 15) is 0 Å². The molecule has 0 saturated heterocycles. The van der Waals surface area contributed by atoms with Crippen molar-refractivity contribution in [1.82, 2.24) is 0 Å². The minimum atomic E-state index is 0.774. The van der Waals surface area contributed by atoms with Crippen molar-refractivity contribution in [2.45, 2.75) is 0 Å². The molecular formula is C12H6Br4O. The zero-order valence-corrected chi connectivity index (χ0v) is 14.7. The minimum absolute atomic E-state index is 0.774. The van der Waals surface area contributed by atoms with Gasteiger partial charge in [0.25, 0.3) is 0 Å². The summed E-state index contributed by atoms with van der Waals surface area (Å²) in [6.45, 7) is 0. The van der Waals surface area contributed by atoms with Crippen molar-refractivity contribution in [1.29, 1.82) is 0 Å². The molecule has 0 aliphatic heterocycles. The van der Waals surface area contributed by atoms with Crippen molar-refractivity contribution < 1.29 is 4.74 Å². The lowest BCUT2D eigenvalue weighted by atomic mass is 11.3. The van der Waals surface area contributed by atoms with Crippen LogP contribution in [0.1, 0.15) is 0 Å². The Balaban J connectivity index is 2.31. The molecule has 0 radical (unpaired) electrons. The Morgan fingerprint density at radius 3 is 1.41 bits per heavy atom. The first-order valence-corrected chi connectivity index (χ1v) is 7.81. The van der Waals surface area contributed by atoms with Gasteiger partial charge in [-0.15, -0.1) is 0 Å². The number of hydrogen-bond acceptors (Lipinski definition) is 1. The van der Waals surface area contributed by atoms with Crippen molar-refractivity contribution >= 4 is 63.7 Å². The molecule has 0 aliphatic rings. The van der Waals surface area contributed by atoms with Crippen LogP contribution in [0, 0.1) is 0 Å². The molecule has 0 N–H and O–H groups in total. The molecule has 2 aromatic carbocycles. The Bertz CT molecular complexity index is 505. The van der Waals surface area contributed by atoms with Gasteiger partial charge in [0.05, 0.1) is 8.95 Å². The van der Waals surface area contributed by atoms with Crippen molar-refractivity contribution in [2.75, 3.05) is 0 Å². The average molecular weight is 498 g/mol. The standard InChI is InChI=1S/C12H6Br4O/c13-7-1-3-11(9(15)5-7)17-12-4-2-8(14)6-10(12)16/h1-6H/i1+1,2+1,3+1,4+1,5+1,6+1,7+1,8+1,9+1,10+1,11+1,12+1. The van der Waals surface area contributed by atoms with Crippen LogP contribution >= 0.6 is 63.7 Å². The van der Waals surface area contributed by atoms with Gasteiger partial charge in [-0.3, -0.25) is 0 Å². The molecule has 1 nitrogen and oxygen atoms in total. The predicted molar refractivity (Wildman–Crippen MR) is 83.8 cm³/mol. The highest BCUT2D eigenvalue weighted by Gasteiger charge is 2.06. The van der Waals surface area contributed by atoms with E-state index in [1.165, 1.54) is 0 Å².